The van der Waals surface area contributed by atoms with Gasteiger partial charge in [0.1, 0.15) is 5.75 Å². The second-order valence-electron chi connectivity index (χ2n) is 7.18. The Kier molecular flexibility index (Phi) is 5.37. The van der Waals surface area contributed by atoms with E-state index < -0.39 is 14.2 Å². The third-order valence-corrected chi connectivity index (χ3v) is 8.10. The Labute approximate surface area is 155 Å². The molecule has 3 rings (SSSR count). The Morgan fingerprint density at radius 3 is 2.35 bits per heavy atom. The van der Waals surface area contributed by atoms with Gasteiger partial charge in [0.05, 0.1) is 8.07 Å². The van der Waals surface area contributed by atoms with E-state index >= 15 is 0 Å². The molecule has 5 heteroatoms. The van der Waals surface area contributed by atoms with Gasteiger partial charge in [0, 0.05) is 18.7 Å². The molecule has 0 saturated heterocycles. The van der Waals surface area contributed by atoms with Gasteiger partial charge < -0.3 is 4.74 Å². The van der Waals surface area contributed by atoms with Crippen molar-refractivity contribution in [2.75, 3.05) is 0 Å². The molecular formula is C21H23NO3Si. The summed E-state index contributed by atoms with van der Waals surface area (Å²) in [7, 11) is -1.81. The lowest BCUT2D eigenvalue weighted by Crippen LogP contribution is -2.50. The van der Waals surface area contributed by atoms with E-state index in [1.807, 2.05) is 36.4 Å². The molecule has 0 aliphatic carbocycles. The number of ketones is 1. The lowest BCUT2D eigenvalue weighted by molar-refractivity contribution is -0.115. The van der Waals surface area contributed by atoms with E-state index in [1.54, 1.807) is 23.2 Å². The van der Waals surface area contributed by atoms with Gasteiger partial charge in [0.15, 0.2) is 5.78 Å². The van der Waals surface area contributed by atoms with Gasteiger partial charge in [-0.05, 0) is 24.3 Å². The predicted molar refractivity (Wildman–Crippen MR) is 105 cm³/mol. The van der Waals surface area contributed by atoms with Gasteiger partial charge in [0.25, 0.3) is 0 Å². The first-order valence-electron chi connectivity index (χ1n) is 8.77. The molecule has 0 bridgehead atoms. The smallest absolute Gasteiger partial charge is 0.410 e. The summed E-state index contributed by atoms with van der Waals surface area (Å²) in [5, 5.41) is 1.32. The molecule has 0 saturated carbocycles. The molecule has 1 heterocycles. The molecule has 26 heavy (non-hydrogen) atoms. The fourth-order valence-corrected chi connectivity index (χ4v) is 6.15. The summed E-state index contributed by atoms with van der Waals surface area (Å²) in [5.74, 6) is 0.553. The predicted octanol–water partition coefficient (Wildman–Crippen LogP) is 3.96. The van der Waals surface area contributed by atoms with Crippen molar-refractivity contribution < 1.29 is 14.3 Å². The van der Waals surface area contributed by atoms with Crippen molar-refractivity contribution in [2.24, 2.45) is 0 Å². The Bertz CT molecular complexity index is 803. The molecule has 134 valence electrons. The summed E-state index contributed by atoms with van der Waals surface area (Å²) < 4.78 is 5.48. The number of hydrogen-bond donors (Lipinski definition) is 0. The zero-order chi connectivity index (χ0) is 18.6. The van der Waals surface area contributed by atoms with E-state index in [1.165, 1.54) is 11.3 Å². The van der Waals surface area contributed by atoms with Gasteiger partial charge in [-0.2, -0.15) is 0 Å². The Balaban J connectivity index is 1.78. The van der Waals surface area contributed by atoms with Gasteiger partial charge >= 0.3 is 6.09 Å². The highest BCUT2D eigenvalue weighted by Gasteiger charge is 2.35. The summed E-state index contributed by atoms with van der Waals surface area (Å²) in [6, 6.07) is 20.0. The molecule has 0 radical (unpaired) electrons. The molecule has 0 N–H and O–H groups in total. The number of rotatable bonds is 4. The summed E-state index contributed by atoms with van der Waals surface area (Å²) >= 11 is 0. The average Bonchev–Trinajstić information content (AvgIpc) is 2.63. The maximum Gasteiger partial charge on any atom is 0.419 e. The van der Waals surface area contributed by atoms with Crippen LogP contribution < -0.4 is 9.92 Å². The van der Waals surface area contributed by atoms with Crippen LogP contribution in [0.1, 0.15) is 6.42 Å². The molecule has 2 aromatic carbocycles. The van der Waals surface area contributed by atoms with Crippen molar-refractivity contribution in [1.82, 2.24) is 4.90 Å². The van der Waals surface area contributed by atoms with Crippen molar-refractivity contribution in [2.45, 2.75) is 31.6 Å². The van der Waals surface area contributed by atoms with Gasteiger partial charge in [-0.25, -0.2) is 4.79 Å². The monoisotopic (exact) mass is 365 g/mol. The summed E-state index contributed by atoms with van der Waals surface area (Å²) in [6.07, 6.45) is 2.92. The maximum absolute atomic E-state index is 12.7. The van der Waals surface area contributed by atoms with Crippen LogP contribution in [0.4, 0.5) is 4.79 Å². The highest BCUT2D eigenvalue weighted by atomic mass is 28.3. The molecule has 1 aliphatic heterocycles. The molecule has 0 aromatic heterocycles. The van der Waals surface area contributed by atoms with E-state index in [-0.39, 0.29) is 11.8 Å². The van der Waals surface area contributed by atoms with Crippen molar-refractivity contribution in [3.8, 4) is 5.75 Å². The third kappa shape index (κ3) is 4.29. The van der Waals surface area contributed by atoms with Crippen LogP contribution in [-0.2, 0) is 4.79 Å². The van der Waals surface area contributed by atoms with Crippen LogP contribution in [0.5, 0.6) is 5.75 Å². The standard InChI is InChI=1S/C21H23NO3Si/c1-26(2,20-11-7-4-8-12-20)16-17-15-18(23)13-14-22(17)21(24)25-19-9-5-3-6-10-19/h3-14,17H,15-16H2,1-2H3. The lowest BCUT2D eigenvalue weighted by atomic mass is 10.1. The molecule has 2 aromatic rings. The van der Waals surface area contributed by atoms with Crippen LogP contribution in [0.15, 0.2) is 72.9 Å². The highest BCUT2D eigenvalue weighted by Crippen LogP contribution is 2.24. The molecule has 1 unspecified atom stereocenters. The van der Waals surface area contributed by atoms with Crippen molar-refractivity contribution in [3.05, 3.63) is 72.9 Å². The second kappa shape index (κ2) is 7.70. The van der Waals surface area contributed by atoms with E-state index in [2.05, 4.69) is 25.2 Å². The second-order valence-corrected chi connectivity index (χ2v) is 11.9. The molecule has 4 nitrogen and oxygen atoms in total. The number of benzene rings is 2. The number of carbonyl (C=O) groups is 2. The maximum atomic E-state index is 12.7. The third-order valence-electron chi connectivity index (χ3n) is 4.71. The first kappa shape index (κ1) is 18.1. The van der Waals surface area contributed by atoms with Gasteiger partial charge in [-0.3, -0.25) is 9.69 Å². The van der Waals surface area contributed by atoms with Crippen LogP contribution in [0, 0.1) is 0 Å². The number of hydrogen-bond acceptors (Lipinski definition) is 3. The first-order valence-corrected chi connectivity index (χ1v) is 12.0. The number of carbonyl (C=O) groups excluding carboxylic acids is 2. The average molecular weight is 366 g/mol. The molecule has 0 fully saturated rings. The zero-order valence-electron chi connectivity index (χ0n) is 15.1. The Hall–Kier alpha value is -2.66. The van der Waals surface area contributed by atoms with Crippen LogP contribution >= 0.6 is 0 Å². The molecule has 1 amide bonds. The summed E-state index contributed by atoms with van der Waals surface area (Å²) in [6.45, 7) is 4.54. The first-order chi connectivity index (χ1) is 12.5. The number of amides is 1. The van der Waals surface area contributed by atoms with Crippen LogP contribution in [-0.4, -0.2) is 30.9 Å². The molecule has 1 aliphatic rings. The largest absolute Gasteiger partial charge is 0.419 e. The number of para-hydroxylation sites is 1. The summed E-state index contributed by atoms with van der Waals surface area (Å²) in [4.78, 5) is 26.2. The van der Waals surface area contributed by atoms with Crippen LogP contribution in [0.25, 0.3) is 0 Å². The molecule has 1 atom stereocenters. The SMILES string of the molecule is C[Si](C)(CC1CC(=O)C=CN1C(=O)Oc1ccccc1)c1ccccc1. The van der Waals surface area contributed by atoms with E-state index in [4.69, 9.17) is 4.74 Å². The van der Waals surface area contributed by atoms with Gasteiger partial charge in [0.2, 0.25) is 0 Å². The fraction of sp³-hybridized carbons (Fsp3) is 0.238. The molecular weight excluding hydrogens is 342 g/mol. The van der Waals surface area contributed by atoms with Crippen molar-refractivity contribution in [3.63, 3.8) is 0 Å². The quantitative estimate of drug-likeness (QED) is 0.771. The normalized spacial score (nSPS) is 17.2. The van der Waals surface area contributed by atoms with E-state index in [0.717, 1.165) is 6.04 Å². The number of nitrogens with zero attached hydrogens (tertiary/aromatic N) is 1. The van der Waals surface area contributed by atoms with Crippen LogP contribution in [0.2, 0.25) is 19.1 Å². The molecule has 0 spiro atoms. The highest BCUT2D eigenvalue weighted by molar-refractivity contribution is 6.89. The van der Waals surface area contributed by atoms with E-state index in [9.17, 15) is 9.59 Å². The minimum Gasteiger partial charge on any atom is -0.410 e. The fourth-order valence-electron chi connectivity index (χ4n) is 3.30. The number of allylic oxidation sites excluding steroid dienone is 1. The Morgan fingerprint density at radius 2 is 1.69 bits per heavy atom. The van der Waals surface area contributed by atoms with Gasteiger partial charge in [-0.1, -0.05) is 66.8 Å². The lowest BCUT2D eigenvalue weighted by Gasteiger charge is -2.35. The topological polar surface area (TPSA) is 46.6 Å². The van der Waals surface area contributed by atoms with Crippen molar-refractivity contribution >= 4 is 25.1 Å². The minimum atomic E-state index is -1.81. The van der Waals surface area contributed by atoms with Crippen LogP contribution in [0.3, 0.4) is 0 Å². The van der Waals surface area contributed by atoms with E-state index in [0.29, 0.717) is 12.2 Å². The number of ether oxygens (including phenoxy) is 1. The zero-order valence-corrected chi connectivity index (χ0v) is 16.1. The van der Waals surface area contributed by atoms with Crippen molar-refractivity contribution in [1.29, 1.82) is 0 Å². The Morgan fingerprint density at radius 1 is 1.08 bits per heavy atom. The summed E-state index contributed by atoms with van der Waals surface area (Å²) in [5.41, 5.74) is 0. The van der Waals surface area contributed by atoms with Gasteiger partial charge in [-0.15, -0.1) is 0 Å². The minimum absolute atomic E-state index is 0.0524.